The lowest BCUT2D eigenvalue weighted by Gasteiger charge is -2.32. The van der Waals surface area contributed by atoms with Crippen LogP contribution in [0.3, 0.4) is 0 Å². The standard InChI is InChI=1S/C22H24Cl2N2O2/c1-14-5-3-4-6-18(14)15(2)25-22(28)26-11-9-16(10-12-26)21(27)17-7-8-19(23)20(24)13-17/h3-8,13,15-16H,9-12H2,1-2H3,(H,25,28)/t15-/m1/s1. The third-order valence-corrected chi connectivity index (χ3v) is 6.09. The van der Waals surface area contributed by atoms with E-state index in [1.807, 2.05) is 38.1 Å². The fourth-order valence-electron chi connectivity index (χ4n) is 3.66. The van der Waals surface area contributed by atoms with Crippen molar-refractivity contribution >= 4 is 35.0 Å². The smallest absolute Gasteiger partial charge is 0.317 e. The van der Waals surface area contributed by atoms with Gasteiger partial charge in [-0.3, -0.25) is 4.79 Å². The second-order valence-electron chi connectivity index (χ2n) is 7.28. The number of nitrogens with zero attached hydrogens (tertiary/aromatic N) is 1. The molecule has 1 aliphatic heterocycles. The lowest BCUT2D eigenvalue weighted by atomic mass is 9.89. The number of halogens is 2. The molecule has 28 heavy (non-hydrogen) atoms. The summed E-state index contributed by atoms with van der Waals surface area (Å²) < 4.78 is 0. The second-order valence-corrected chi connectivity index (χ2v) is 8.10. The number of aryl methyl sites for hydroxylation is 1. The number of hydrogen-bond donors (Lipinski definition) is 1. The quantitative estimate of drug-likeness (QED) is 0.650. The van der Waals surface area contributed by atoms with Gasteiger partial charge in [-0.25, -0.2) is 4.79 Å². The van der Waals surface area contributed by atoms with Gasteiger partial charge in [-0.1, -0.05) is 47.5 Å². The minimum atomic E-state index is -0.102. The molecular weight excluding hydrogens is 395 g/mol. The summed E-state index contributed by atoms with van der Waals surface area (Å²) in [4.78, 5) is 27.1. The van der Waals surface area contributed by atoms with E-state index >= 15 is 0 Å². The highest BCUT2D eigenvalue weighted by Gasteiger charge is 2.28. The average molecular weight is 419 g/mol. The van der Waals surface area contributed by atoms with Crippen molar-refractivity contribution in [2.24, 2.45) is 5.92 Å². The van der Waals surface area contributed by atoms with Crippen LogP contribution in [0.1, 0.15) is 47.3 Å². The number of amides is 2. The summed E-state index contributed by atoms with van der Waals surface area (Å²) in [5.74, 6) is -0.0398. The summed E-state index contributed by atoms with van der Waals surface area (Å²) in [6.07, 6.45) is 1.29. The molecule has 6 heteroatoms. The molecule has 0 aliphatic carbocycles. The number of ketones is 1. The topological polar surface area (TPSA) is 49.4 Å². The van der Waals surface area contributed by atoms with E-state index in [-0.39, 0.29) is 23.8 Å². The molecular formula is C22H24Cl2N2O2. The normalized spacial score (nSPS) is 15.9. The Kier molecular flexibility index (Phi) is 6.63. The van der Waals surface area contributed by atoms with E-state index in [1.54, 1.807) is 23.1 Å². The SMILES string of the molecule is Cc1ccccc1[C@@H](C)NC(=O)N1CCC(C(=O)c2ccc(Cl)c(Cl)c2)CC1. The molecule has 0 bridgehead atoms. The van der Waals surface area contributed by atoms with Crippen LogP contribution in [0.15, 0.2) is 42.5 Å². The maximum Gasteiger partial charge on any atom is 0.317 e. The minimum Gasteiger partial charge on any atom is -0.331 e. The molecule has 2 aromatic rings. The molecule has 0 spiro atoms. The minimum absolute atomic E-state index is 0.0619. The number of Topliss-reactive ketones (excluding diaryl/α,β-unsaturated/α-hetero) is 1. The summed E-state index contributed by atoms with van der Waals surface area (Å²) in [5.41, 5.74) is 2.84. The molecule has 1 atom stereocenters. The van der Waals surface area contributed by atoms with Gasteiger partial charge in [0.25, 0.3) is 0 Å². The van der Waals surface area contributed by atoms with Gasteiger partial charge in [0.05, 0.1) is 16.1 Å². The Morgan fingerprint density at radius 3 is 2.39 bits per heavy atom. The number of carbonyl (C=O) groups is 2. The fourth-order valence-corrected chi connectivity index (χ4v) is 3.95. The van der Waals surface area contributed by atoms with Crippen LogP contribution >= 0.6 is 23.2 Å². The van der Waals surface area contributed by atoms with Crippen LogP contribution in [0.5, 0.6) is 0 Å². The number of rotatable bonds is 4. The second kappa shape index (κ2) is 8.97. The highest BCUT2D eigenvalue weighted by Crippen LogP contribution is 2.27. The molecule has 1 aliphatic rings. The van der Waals surface area contributed by atoms with E-state index in [0.717, 1.165) is 11.1 Å². The van der Waals surface area contributed by atoms with E-state index < -0.39 is 0 Å². The average Bonchev–Trinajstić information content (AvgIpc) is 2.70. The first-order valence-corrected chi connectivity index (χ1v) is 10.2. The van der Waals surface area contributed by atoms with Crippen LogP contribution in [0.4, 0.5) is 4.79 Å². The highest BCUT2D eigenvalue weighted by molar-refractivity contribution is 6.42. The van der Waals surface area contributed by atoms with Gasteiger partial charge in [-0.15, -0.1) is 0 Å². The van der Waals surface area contributed by atoms with E-state index in [9.17, 15) is 9.59 Å². The molecule has 0 saturated carbocycles. The van der Waals surface area contributed by atoms with Crippen LogP contribution < -0.4 is 5.32 Å². The zero-order valence-electron chi connectivity index (χ0n) is 16.0. The monoisotopic (exact) mass is 418 g/mol. The number of benzene rings is 2. The van der Waals surface area contributed by atoms with Crippen molar-refractivity contribution in [1.82, 2.24) is 10.2 Å². The Bertz CT molecular complexity index is 877. The third-order valence-electron chi connectivity index (χ3n) is 5.35. The highest BCUT2D eigenvalue weighted by atomic mass is 35.5. The van der Waals surface area contributed by atoms with Gasteiger partial charge in [0.1, 0.15) is 0 Å². The third kappa shape index (κ3) is 4.68. The van der Waals surface area contributed by atoms with Crippen LogP contribution in [0, 0.1) is 12.8 Å². The fraction of sp³-hybridized carbons (Fsp3) is 0.364. The number of carbonyl (C=O) groups excluding carboxylic acids is 2. The van der Waals surface area contributed by atoms with E-state index in [2.05, 4.69) is 5.32 Å². The molecule has 0 aromatic heterocycles. The molecule has 2 amide bonds. The molecule has 1 N–H and O–H groups in total. The van der Waals surface area contributed by atoms with Crippen LogP contribution in [0.2, 0.25) is 10.0 Å². The van der Waals surface area contributed by atoms with Crippen LogP contribution in [-0.4, -0.2) is 29.8 Å². The molecule has 0 radical (unpaired) electrons. The Morgan fingerprint density at radius 2 is 1.75 bits per heavy atom. The molecule has 1 heterocycles. The number of nitrogens with one attached hydrogen (secondary N) is 1. The van der Waals surface area contributed by atoms with Crippen molar-refractivity contribution in [1.29, 1.82) is 0 Å². The predicted molar refractivity (Wildman–Crippen MR) is 113 cm³/mol. The number of piperidine rings is 1. The van der Waals surface area contributed by atoms with Crippen molar-refractivity contribution in [3.05, 3.63) is 69.2 Å². The molecule has 0 unspecified atom stereocenters. The maximum atomic E-state index is 12.7. The Hall–Kier alpha value is -2.04. The number of urea groups is 1. The summed E-state index contributed by atoms with van der Waals surface area (Å²) in [6.45, 7) is 5.15. The predicted octanol–water partition coefficient (Wildman–Crippen LogP) is 5.67. The molecule has 3 rings (SSSR count). The van der Waals surface area contributed by atoms with E-state index in [1.165, 1.54) is 0 Å². The van der Waals surface area contributed by atoms with Gasteiger partial charge in [0.15, 0.2) is 5.78 Å². The summed E-state index contributed by atoms with van der Waals surface area (Å²) in [7, 11) is 0. The maximum absolute atomic E-state index is 12.7. The van der Waals surface area contributed by atoms with Crippen molar-refractivity contribution in [2.45, 2.75) is 32.7 Å². The molecule has 148 valence electrons. The molecule has 4 nitrogen and oxygen atoms in total. The van der Waals surface area contributed by atoms with Gasteiger partial charge in [0, 0.05) is 24.6 Å². The number of likely N-dealkylation sites (tertiary alicyclic amines) is 1. The van der Waals surface area contributed by atoms with E-state index in [4.69, 9.17) is 23.2 Å². The first kappa shape index (κ1) is 20.7. The lowest BCUT2D eigenvalue weighted by molar-refractivity contribution is 0.0853. The van der Waals surface area contributed by atoms with E-state index in [0.29, 0.717) is 41.5 Å². The van der Waals surface area contributed by atoms with Gasteiger partial charge >= 0.3 is 6.03 Å². The van der Waals surface area contributed by atoms with Crippen molar-refractivity contribution in [3.8, 4) is 0 Å². The van der Waals surface area contributed by atoms with Gasteiger partial charge in [-0.05, 0) is 56.0 Å². The first-order valence-electron chi connectivity index (χ1n) is 9.47. The molecule has 2 aromatic carbocycles. The van der Waals surface area contributed by atoms with Crippen LogP contribution in [0.25, 0.3) is 0 Å². The first-order chi connectivity index (χ1) is 13.4. The Labute approximate surface area is 175 Å². The van der Waals surface area contributed by atoms with Crippen molar-refractivity contribution in [3.63, 3.8) is 0 Å². The Morgan fingerprint density at radius 1 is 1.07 bits per heavy atom. The van der Waals surface area contributed by atoms with Crippen molar-refractivity contribution in [2.75, 3.05) is 13.1 Å². The molecule has 1 saturated heterocycles. The Balaban J connectivity index is 1.56. The lowest BCUT2D eigenvalue weighted by Crippen LogP contribution is -2.46. The summed E-state index contributed by atoms with van der Waals surface area (Å²) in [5, 5.41) is 3.89. The summed E-state index contributed by atoms with van der Waals surface area (Å²) in [6, 6.07) is 12.9. The number of hydrogen-bond acceptors (Lipinski definition) is 2. The van der Waals surface area contributed by atoms with Gasteiger partial charge < -0.3 is 10.2 Å². The van der Waals surface area contributed by atoms with Crippen molar-refractivity contribution < 1.29 is 9.59 Å². The zero-order valence-corrected chi connectivity index (χ0v) is 17.6. The molecule has 1 fully saturated rings. The zero-order chi connectivity index (χ0) is 20.3. The van der Waals surface area contributed by atoms with Crippen LogP contribution in [-0.2, 0) is 0 Å². The van der Waals surface area contributed by atoms with Gasteiger partial charge in [0.2, 0.25) is 0 Å². The van der Waals surface area contributed by atoms with Gasteiger partial charge in [-0.2, -0.15) is 0 Å². The largest absolute Gasteiger partial charge is 0.331 e. The summed E-state index contributed by atoms with van der Waals surface area (Å²) >= 11 is 12.0.